The maximum absolute atomic E-state index is 13.3. The summed E-state index contributed by atoms with van der Waals surface area (Å²) in [6.07, 6.45) is 1.62. The monoisotopic (exact) mass is 594 g/mol. The topological polar surface area (TPSA) is 184 Å². The Morgan fingerprint density at radius 3 is 2.52 bits per heavy atom. The minimum absolute atomic E-state index is 0.00457. The van der Waals surface area contributed by atoms with Crippen LogP contribution in [0.5, 0.6) is 5.75 Å². The zero-order chi connectivity index (χ0) is 30.3. The Kier molecular flexibility index (Phi) is 9.76. The van der Waals surface area contributed by atoms with Crippen LogP contribution in [0.3, 0.4) is 0 Å². The van der Waals surface area contributed by atoms with Crippen LogP contribution in [0.4, 0.5) is 0 Å². The fourth-order valence-electron chi connectivity index (χ4n) is 4.77. The van der Waals surface area contributed by atoms with Crippen molar-refractivity contribution in [2.75, 3.05) is 26.2 Å². The minimum atomic E-state index is -4.05. The molecule has 222 valence electrons. The van der Waals surface area contributed by atoms with Crippen molar-refractivity contribution in [2.45, 2.75) is 30.7 Å². The van der Waals surface area contributed by atoms with Crippen molar-refractivity contribution >= 4 is 44.5 Å². The predicted octanol–water partition coefficient (Wildman–Crippen LogP) is 1.56. The van der Waals surface area contributed by atoms with Crippen LogP contribution < -0.4 is 25.8 Å². The van der Waals surface area contributed by atoms with Gasteiger partial charge in [-0.15, -0.1) is 0 Å². The Labute approximate surface area is 244 Å². The van der Waals surface area contributed by atoms with Crippen molar-refractivity contribution in [2.24, 2.45) is 11.7 Å². The van der Waals surface area contributed by atoms with Gasteiger partial charge in [0.25, 0.3) is 5.91 Å². The molecule has 2 amide bonds. The first-order valence-electron chi connectivity index (χ1n) is 13.5. The normalized spacial score (nSPS) is 15.9. The average molecular weight is 595 g/mol. The molecule has 4 rings (SSSR count). The summed E-state index contributed by atoms with van der Waals surface area (Å²) in [6, 6.07) is 16.7. The summed E-state index contributed by atoms with van der Waals surface area (Å²) in [7, 11) is -4.05. The number of rotatable bonds is 10. The highest BCUT2D eigenvalue weighted by atomic mass is 32.2. The molecule has 1 unspecified atom stereocenters. The molecule has 0 aliphatic carbocycles. The fraction of sp³-hybridized carbons (Fsp3) is 0.310. The Balaban J connectivity index is 1.51. The van der Waals surface area contributed by atoms with E-state index in [9.17, 15) is 22.8 Å². The number of esters is 1. The quantitative estimate of drug-likeness (QED) is 0.101. The van der Waals surface area contributed by atoms with Crippen LogP contribution in [-0.4, -0.2) is 69.3 Å². The Hall–Kier alpha value is -4.49. The zero-order valence-corrected chi connectivity index (χ0v) is 23.9. The molecule has 0 bridgehead atoms. The van der Waals surface area contributed by atoms with Crippen LogP contribution in [0, 0.1) is 11.3 Å². The lowest BCUT2D eigenvalue weighted by atomic mass is 9.98. The fourth-order valence-corrected chi connectivity index (χ4v) is 5.85. The number of sulfonamides is 1. The zero-order valence-electron chi connectivity index (χ0n) is 23.1. The highest BCUT2D eigenvalue weighted by molar-refractivity contribution is 7.89. The third-order valence-corrected chi connectivity index (χ3v) is 8.36. The molecule has 1 aliphatic heterocycles. The number of carbonyl (C=O) groups excluding carboxylic acids is 3. The lowest BCUT2D eigenvalue weighted by Gasteiger charge is -2.33. The van der Waals surface area contributed by atoms with Gasteiger partial charge in [-0.2, -0.15) is 0 Å². The van der Waals surface area contributed by atoms with E-state index in [4.69, 9.17) is 15.9 Å². The standard InChI is InChI=1S/C29H34N6O6S/c1-19(36)41-26-11-5-4-10-24(26)27(37)34-25(28(38)32-16-20-7-6-14-35(18-20)29(30)31)17-33-42(39,40)23-13-12-21-8-2-3-9-22(21)15-23/h2-5,8-13,15,20,25,33H,6-7,14,16-18H2,1H3,(H3,30,31)(H,32,38)(H,34,37)/t20?,25-/m0/s1. The maximum Gasteiger partial charge on any atom is 0.308 e. The number of nitrogens with two attached hydrogens (primary N) is 1. The number of guanidine groups is 1. The van der Waals surface area contributed by atoms with Gasteiger partial charge < -0.3 is 26.0 Å². The van der Waals surface area contributed by atoms with Gasteiger partial charge in [0.05, 0.1) is 10.5 Å². The first kappa shape index (κ1) is 30.5. The van der Waals surface area contributed by atoms with Crippen molar-refractivity contribution in [3.8, 4) is 5.75 Å². The number of likely N-dealkylation sites (tertiary alicyclic amines) is 1. The first-order valence-corrected chi connectivity index (χ1v) is 15.0. The summed E-state index contributed by atoms with van der Waals surface area (Å²) in [5.74, 6) is -1.97. The second kappa shape index (κ2) is 13.4. The highest BCUT2D eigenvalue weighted by Gasteiger charge is 2.28. The lowest BCUT2D eigenvalue weighted by molar-refractivity contribution is -0.132. The third kappa shape index (κ3) is 7.83. The van der Waals surface area contributed by atoms with Crippen LogP contribution in [-0.2, 0) is 19.6 Å². The second-order valence-electron chi connectivity index (χ2n) is 10.1. The molecule has 0 spiro atoms. The van der Waals surface area contributed by atoms with Crippen molar-refractivity contribution in [3.05, 3.63) is 72.3 Å². The van der Waals surface area contributed by atoms with Gasteiger partial charge in [0.2, 0.25) is 15.9 Å². The lowest BCUT2D eigenvalue weighted by Crippen LogP contribution is -2.54. The van der Waals surface area contributed by atoms with Crippen LogP contribution >= 0.6 is 0 Å². The van der Waals surface area contributed by atoms with Crippen LogP contribution in [0.1, 0.15) is 30.1 Å². The van der Waals surface area contributed by atoms with Crippen molar-refractivity contribution in [1.82, 2.24) is 20.3 Å². The number of para-hydroxylation sites is 1. The molecule has 2 atom stereocenters. The highest BCUT2D eigenvalue weighted by Crippen LogP contribution is 2.20. The molecule has 13 heteroatoms. The molecule has 0 saturated carbocycles. The Morgan fingerprint density at radius 2 is 1.79 bits per heavy atom. The van der Waals surface area contributed by atoms with E-state index in [0.717, 1.165) is 23.6 Å². The number of carbonyl (C=O) groups is 3. The summed E-state index contributed by atoms with van der Waals surface area (Å²) >= 11 is 0. The van der Waals surface area contributed by atoms with E-state index in [1.54, 1.807) is 35.2 Å². The number of hydrogen-bond acceptors (Lipinski definition) is 7. The SMILES string of the molecule is CC(=O)Oc1ccccc1C(=O)N[C@@H](CNS(=O)(=O)c1ccc2ccccc2c1)C(=O)NCC1CCCN(C(=N)N)C1. The molecular formula is C29H34N6O6S. The van der Waals surface area contributed by atoms with E-state index in [0.29, 0.717) is 13.1 Å². The van der Waals surface area contributed by atoms with E-state index in [1.807, 2.05) is 12.1 Å². The van der Waals surface area contributed by atoms with E-state index in [-0.39, 0.29) is 34.6 Å². The number of piperidine rings is 1. The first-order chi connectivity index (χ1) is 20.0. The van der Waals surface area contributed by atoms with Crippen LogP contribution in [0.15, 0.2) is 71.6 Å². The van der Waals surface area contributed by atoms with Crippen LogP contribution in [0.2, 0.25) is 0 Å². The van der Waals surface area contributed by atoms with Crippen LogP contribution in [0.25, 0.3) is 10.8 Å². The molecule has 3 aromatic carbocycles. The molecular weight excluding hydrogens is 560 g/mol. The molecule has 1 heterocycles. The van der Waals surface area contributed by atoms with Gasteiger partial charge in [-0.3, -0.25) is 19.8 Å². The summed E-state index contributed by atoms with van der Waals surface area (Å²) in [4.78, 5) is 39.8. The average Bonchev–Trinajstić information content (AvgIpc) is 2.97. The maximum atomic E-state index is 13.3. The number of nitrogens with one attached hydrogen (secondary N) is 4. The number of ether oxygens (including phenoxy) is 1. The van der Waals surface area contributed by atoms with E-state index < -0.39 is 40.4 Å². The smallest absolute Gasteiger partial charge is 0.308 e. The number of amides is 2. The number of nitrogens with zero attached hydrogens (tertiary/aromatic N) is 1. The molecule has 3 aromatic rings. The molecule has 0 radical (unpaired) electrons. The van der Waals surface area contributed by atoms with Gasteiger partial charge in [0, 0.05) is 33.1 Å². The van der Waals surface area contributed by atoms with E-state index >= 15 is 0 Å². The molecule has 6 N–H and O–H groups in total. The summed E-state index contributed by atoms with van der Waals surface area (Å²) in [5.41, 5.74) is 5.63. The van der Waals surface area contributed by atoms with Gasteiger partial charge >= 0.3 is 5.97 Å². The Morgan fingerprint density at radius 1 is 1.07 bits per heavy atom. The summed E-state index contributed by atoms with van der Waals surface area (Å²) in [6.45, 7) is 2.17. The number of fused-ring (bicyclic) bond motifs is 1. The molecule has 12 nitrogen and oxygen atoms in total. The van der Waals surface area contributed by atoms with Gasteiger partial charge in [0.1, 0.15) is 11.8 Å². The summed E-state index contributed by atoms with van der Waals surface area (Å²) in [5, 5.41) is 14.7. The second-order valence-corrected chi connectivity index (χ2v) is 11.8. The summed E-state index contributed by atoms with van der Waals surface area (Å²) < 4.78 is 33.9. The molecule has 1 fully saturated rings. The minimum Gasteiger partial charge on any atom is -0.426 e. The molecule has 42 heavy (non-hydrogen) atoms. The predicted molar refractivity (Wildman–Crippen MR) is 157 cm³/mol. The largest absolute Gasteiger partial charge is 0.426 e. The van der Waals surface area contributed by atoms with Gasteiger partial charge in [-0.1, -0.05) is 42.5 Å². The number of benzene rings is 3. The van der Waals surface area contributed by atoms with Gasteiger partial charge in [-0.25, -0.2) is 13.1 Å². The van der Waals surface area contributed by atoms with Crippen molar-refractivity contribution in [1.29, 1.82) is 5.41 Å². The van der Waals surface area contributed by atoms with Gasteiger partial charge in [0.15, 0.2) is 5.96 Å². The molecule has 0 aromatic heterocycles. The van der Waals surface area contributed by atoms with E-state index in [2.05, 4.69) is 15.4 Å². The van der Waals surface area contributed by atoms with E-state index in [1.165, 1.54) is 31.2 Å². The number of hydrogen-bond donors (Lipinski definition) is 5. The van der Waals surface area contributed by atoms with Gasteiger partial charge in [-0.05, 0) is 53.8 Å². The van der Waals surface area contributed by atoms with Crippen molar-refractivity contribution < 1.29 is 27.5 Å². The Bertz CT molecular complexity index is 1590. The molecule has 1 saturated heterocycles. The third-order valence-electron chi connectivity index (χ3n) is 6.94. The van der Waals surface area contributed by atoms with Crippen molar-refractivity contribution in [3.63, 3.8) is 0 Å². The molecule has 1 aliphatic rings.